The van der Waals surface area contributed by atoms with Gasteiger partial charge in [-0.1, -0.05) is 5.16 Å². The normalized spacial score (nSPS) is 10.6. The third-order valence-corrected chi connectivity index (χ3v) is 2.82. The molecule has 106 valence electrons. The number of halogens is 1. The molecule has 0 fully saturated rings. The highest BCUT2D eigenvalue weighted by Gasteiger charge is 2.11. The summed E-state index contributed by atoms with van der Waals surface area (Å²) in [6.45, 7) is 4.14. The molecule has 0 aliphatic heterocycles. The van der Waals surface area contributed by atoms with E-state index in [0.29, 0.717) is 42.2 Å². The molecule has 0 aliphatic rings. The number of carbonyl (C=O) groups excluding carboxylic acids is 1. The second kappa shape index (κ2) is 6.27. The maximum Gasteiger partial charge on any atom is 0.227 e. The van der Waals surface area contributed by atoms with Crippen LogP contribution in [0.5, 0.6) is 0 Å². The molecular weight excluding hydrogens is 261 g/mol. The van der Waals surface area contributed by atoms with Crippen molar-refractivity contribution < 1.29 is 13.7 Å². The van der Waals surface area contributed by atoms with E-state index in [1.807, 2.05) is 6.92 Å². The molecule has 0 saturated heterocycles. The Morgan fingerprint density at radius 1 is 1.45 bits per heavy atom. The van der Waals surface area contributed by atoms with Crippen molar-refractivity contribution in [2.75, 3.05) is 6.54 Å². The van der Waals surface area contributed by atoms with Crippen molar-refractivity contribution in [2.45, 2.75) is 26.7 Å². The lowest BCUT2D eigenvalue weighted by molar-refractivity contribution is -0.121. The zero-order valence-corrected chi connectivity index (χ0v) is 11.4. The van der Waals surface area contributed by atoms with E-state index >= 15 is 0 Å². The van der Waals surface area contributed by atoms with Gasteiger partial charge in [-0.15, -0.1) is 0 Å². The van der Waals surface area contributed by atoms with Gasteiger partial charge in [0.15, 0.2) is 0 Å². The Kier molecular flexibility index (Phi) is 4.45. The summed E-state index contributed by atoms with van der Waals surface area (Å²) in [5, 5.41) is 6.54. The molecule has 0 aliphatic carbocycles. The SMILES string of the molecule is CCNC(=O)CCc1nc(-c2ccc(F)c(C)c2)no1. The van der Waals surface area contributed by atoms with Crippen LogP contribution in [0, 0.1) is 12.7 Å². The van der Waals surface area contributed by atoms with E-state index in [0.717, 1.165) is 0 Å². The van der Waals surface area contributed by atoms with E-state index in [1.165, 1.54) is 6.07 Å². The van der Waals surface area contributed by atoms with Crippen molar-refractivity contribution in [3.63, 3.8) is 0 Å². The number of carbonyl (C=O) groups is 1. The van der Waals surface area contributed by atoms with Crippen LogP contribution < -0.4 is 5.32 Å². The number of aryl methyl sites for hydroxylation is 2. The third kappa shape index (κ3) is 3.40. The summed E-state index contributed by atoms with van der Waals surface area (Å²) in [4.78, 5) is 15.5. The number of rotatable bonds is 5. The fourth-order valence-corrected chi connectivity index (χ4v) is 1.76. The zero-order valence-electron chi connectivity index (χ0n) is 11.4. The van der Waals surface area contributed by atoms with E-state index in [1.54, 1.807) is 19.1 Å². The van der Waals surface area contributed by atoms with E-state index < -0.39 is 0 Å². The molecule has 1 N–H and O–H groups in total. The predicted molar refractivity (Wildman–Crippen MR) is 71.4 cm³/mol. The summed E-state index contributed by atoms with van der Waals surface area (Å²) in [7, 11) is 0. The van der Waals surface area contributed by atoms with Gasteiger partial charge in [0, 0.05) is 24.9 Å². The Morgan fingerprint density at radius 2 is 2.25 bits per heavy atom. The van der Waals surface area contributed by atoms with Gasteiger partial charge in [-0.2, -0.15) is 4.98 Å². The molecule has 0 saturated carbocycles. The molecule has 0 atom stereocenters. The Balaban J connectivity index is 2.05. The van der Waals surface area contributed by atoms with Crippen LogP contribution in [0.2, 0.25) is 0 Å². The Hall–Kier alpha value is -2.24. The topological polar surface area (TPSA) is 68.0 Å². The van der Waals surface area contributed by atoms with Crippen molar-refractivity contribution >= 4 is 5.91 Å². The summed E-state index contributed by atoms with van der Waals surface area (Å²) in [6, 6.07) is 4.63. The second-order valence-corrected chi connectivity index (χ2v) is 4.43. The smallest absolute Gasteiger partial charge is 0.227 e. The minimum absolute atomic E-state index is 0.0510. The van der Waals surface area contributed by atoms with E-state index in [4.69, 9.17) is 4.52 Å². The molecular formula is C14H16FN3O2. The Bertz CT molecular complexity index is 610. The number of aromatic nitrogens is 2. The highest BCUT2D eigenvalue weighted by atomic mass is 19.1. The van der Waals surface area contributed by atoms with Crippen molar-refractivity contribution in [3.05, 3.63) is 35.5 Å². The Labute approximate surface area is 116 Å². The first kappa shape index (κ1) is 14.2. The van der Waals surface area contributed by atoms with E-state index in [-0.39, 0.29) is 11.7 Å². The molecule has 1 heterocycles. The summed E-state index contributed by atoms with van der Waals surface area (Å²) in [6.07, 6.45) is 0.691. The van der Waals surface area contributed by atoms with Crippen LogP contribution in [0.25, 0.3) is 11.4 Å². The second-order valence-electron chi connectivity index (χ2n) is 4.43. The molecule has 0 unspecified atom stereocenters. The minimum atomic E-state index is -0.270. The van der Waals surface area contributed by atoms with Crippen LogP contribution in [0.15, 0.2) is 22.7 Å². The van der Waals surface area contributed by atoms with Gasteiger partial charge in [-0.3, -0.25) is 4.79 Å². The van der Waals surface area contributed by atoms with Crippen LogP contribution in [-0.4, -0.2) is 22.6 Å². The maximum atomic E-state index is 13.2. The molecule has 0 spiro atoms. The summed E-state index contributed by atoms with van der Waals surface area (Å²) >= 11 is 0. The van der Waals surface area contributed by atoms with Crippen LogP contribution >= 0.6 is 0 Å². The summed E-state index contributed by atoms with van der Waals surface area (Å²) in [5.74, 6) is 0.478. The maximum absolute atomic E-state index is 13.2. The fourth-order valence-electron chi connectivity index (χ4n) is 1.76. The van der Waals surface area contributed by atoms with Gasteiger partial charge in [0.1, 0.15) is 5.82 Å². The number of hydrogen-bond acceptors (Lipinski definition) is 4. The van der Waals surface area contributed by atoms with Crippen molar-refractivity contribution in [2.24, 2.45) is 0 Å². The molecule has 0 bridgehead atoms. The number of nitrogens with one attached hydrogen (secondary N) is 1. The fraction of sp³-hybridized carbons (Fsp3) is 0.357. The Morgan fingerprint density at radius 3 is 2.95 bits per heavy atom. The van der Waals surface area contributed by atoms with Gasteiger partial charge in [-0.25, -0.2) is 4.39 Å². The van der Waals surface area contributed by atoms with Gasteiger partial charge in [0.05, 0.1) is 0 Å². The van der Waals surface area contributed by atoms with Crippen LogP contribution in [-0.2, 0) is 11.2 Å². The van der Waals surface area contributed by atoms with Crippen molar-refractivity contribution in [1.29, 1.82) is 0 Å². The molecule has 5 nitrogen and oxygen atoms in total. The van der Waals surface area contributed by atoms with Gasteiger partial charge in [0.25, 0.3) is 0 Å². The minimum Gasteiger partial charge on any atom is -0.356 e. The molecule has 0 radical (unpaired) electrons. The average molecular weight is 277 g/mol. The molecule has 2 rings (SSSR count). The lowest BCUT2D eigenvalue weighted by Gasteiger charge is -1.98. The highest BCUT2D eigenvalue weighted by molar-refractivity contribution is 5.75. The molecule has 1 aromatic heterocycles. The monoisotopic (exact) mass is 277 g/mol. The highest BCUT2D eigenvalue weighted by Crippen LogP contribution is 2.19. The number of amides is 1. The van der Waals surface area contributed by atoms with E-state index in [2.05, 4.69) is 15.5 Å². The van der Waals surface area contributed by atoms with Gasteiger partial charge in [0.2, 0.25) is 17.6 Å². The lowest BCUT2D eigenvalue weighted by Crippen LogP contribution is -2.22. The number of benzene rings is 1. The van der Waals surface area contributed by atoms with Crippen molar-refractivity contribution in [3.8, 4) is 11.4 Å². The largest absolute Gasteiger partial charge is 0.356 e. The molecule has 6 heteroatoms. The standard InChI is InChI=1S/C14H16FN3O2/c1-3-16-12(19)6-7-13-17-14(18-20-13)10-4-5-11(15)9(2)8-10/h4-5,8H,3,6-7H2,1-2H3,(H,16,19). The first-order chi connectivity index (χ1) is 9.60. The molecule has 2 aromatic rings. The first-order valence-corrected chi connectivity index (χ1v) is 6.46. The van der Waals surface area contributed by atoms with Gasteiger partial charge in [-0.05, 0) is 37.6 Å². The predicted octanol–water partition coefficient (Wildman–Crippen LogP) is 2.25. The van der Waals surface area contributed by atoms with E-state index in [9.17, 15) is 9.18 Å². The summed E-state index contributed by atoms with van der Waals surface area (Å²) in [5.41, 5.74) is 1.22. The van der Waals surface area contributed by atoms with Crippen LogP contribution in [0.3, 0.4) is 0 Å². The quantitative estimate of drug-likeness (QED) is 0.910. The molecule has 1 amide bonds. The number of nitrogens with zero attached hydrogens (tertiary/aromatic N) is 2. The molecule has 1 aromatic carbocycles. The number of hydrogen-bond donors (Lipinski definition) is 1. The average Bonchev–Trinajstić information content (AvgIpc) is 2.89. The van der Waals surface area contributed by atoms with Crippen molar-refractivity contribution in [1.82, 2.24) is 15.5 Å². The third-order valence-electron chi connectivity index (χ3n) is 2.82. The van der Waals surface area contributed by atoms with Crippen LogP contribution in [0.4, 0.5) is 4.39 Å². The van der Waals surface area contributed by atoms with Crippen LogP contribution in [0.1, 0.15) is 24.8 Å². The molecule has 20 heavy (non-hydrogen) atoms. The zero-order chi connectivity index (χ0) is 14.5. The first-order valence-electron chi connectivity index (χ1n) is 6.46. The van der Waals surface area contributed by atoms with Gasteiger partial charge >= 0.3 is 0 Å². The van der Waals surface area contributed by atoms with Gasteiger partial charge < -0.3 is 9.84 Å². The summed E-state index contributed by atoms with van der Waals surface area (Å²) < 4.78 is 18.3. The lowest BCUT2D eigenvalue weighted by atomic mass is 10.1.